The van der Waals surface area contributed by atoms with Crippen molar-refractivity contribution in [1.29, 1.82) is 0 Å². The molecule has 5 heteroatoms. The molecule has 0 aliphatic heterocycles. The van der Waals surface area contributed by atoms with Crippen LogP contribution in [0.4, 0.5) is 0 Å². The van der Waals surface area contributed by atoms with Crippen molar-refractivity contribution >= 4 is 11.9 Å². The second-order valence-electron chi connectivity index (χ2n) is 17.0. The third-order valence-corrected chi connectivity index (χ3v) is 12.2. The third kappa shape index (κ3) is 35.3. The van der Waals surface area contributed by atoms with Crippen molar-refractivity contribution in [2.75, 3.05) is 32.8 Å². The zero-order valence-corrected chi connectivity index (χ0v) is 37.7. The minimum atomic E-state index is 0.0157. The average Bonchev–Trinajstić information content (AvgIpc) is 3.17. The van der Waals surface area contributed by atoms with Gasteiger partial charge in [0.1, 0.15) is 0 Å². The Morgan fingerprint density at radius 1 is 0.370 bits per heavy atom. The van der Waals surface area contributed by atoms with Crippen LogP contribution in [-0.2, 0) is 19.1 Å². The SMILES string of the molecule is CCCCCC(CCCCC)CCOC(=O)CCCCCCCC(CCCCCCCC(=O)OCCC(CCCCC)CCCCC)CCN(CC)CC. The van der Waals surface area contributed by atoms with Gasteiger partial charge in [0.15, 0.2) is 0 Å². The first kappa shape index (κ1) is 52.9. The summed E-state index contributed by atoms with van der Waals surface area (Å²) in [6, 6.07) is 0. The van der Waals surface area contributed by atoms with Crippen LogP contribution in [-0.4, -0.2) is 49.7 Å². The summed E-state index contributed by atoms with van der Waals surface area (Å²) in [5, 5.41) is 0. The van der Waals surface area contributed by atoms with E-state index in [9.17, 15) is 9.59 Å². The molecule has 54 heavy (non-hydrogen) atoms. The van der Waals surface area contributed by atoms with Crippen LogP contribution < -0.4 is 0 Å². The first-order valence-corrected chi connectivity index (χ1v) is 24.5. The molecule has 0 heterocycles. The predicted octanol–water partition coefficient (Wildman–Crippen LogP) is 15.2. The summed E-state index contributed by atoms with van der Waals surface area (Å²) in [5.74, 6) is 2.30. The summed E-state index contributed by atoms with van der Waals surface area (Å²) in [5.41, 5.74) is 0. The number of rotatable bonds is 43. The number of carbonyl (C=O) groups excluding carboxylic acids is 2. The van der Waals surface area contributed by atoms with Crippen LogP contribution in [0.15, 0.2) is 0 Å². The topological polar surface area (TPSA) is 55.8 Å². The smallest absolute Gasteiger partial charge is 0.305 e. The van der Waals surface area contributed by atoms with Crippen LogP contribution in [0, 0.1) is 17.8 Å². The largest absolute Gasteiger partial charge is 0.466 e. The fourth-order valence-corrected chi connectivity index (χ4v) is 8.22. The number of carbonyl (C=O) groups is 2. The number of nitrogens with zero attached hydrogens (tertiary/aromatic N) is 1. The summed E-state index contributed by atoms with van der Waals surface area (Å²) in [7, 11) is 0. The van der Waals surface area contributed by atoms with Crippen molar-refractivity contribution in [2.45, 2.75) is 253 Å². The van der Waals surface area contributed by atoms with E-state index in [4.69, 9.17) is 9.47 Å². The maximum Gasteiger partial charge on any atom is 0.305 e. The van der Waals surface area contributed by atoms with Crippen molar-refractivity contribution < 1.29 is 19.1 Å². The third-order valence-electron chi connectivity index (χ3n) is 12.2. The highest BCUT2D eigenvalue weighted by atomic mass is 16.5. The Bertz CT molecular complexity index is 708. The molecule has 0 rings (SSSR count). The molecule has 0 aromatic carbocycles. The number of hydrogen-bond donors (Lipinski definition) is 0. The Balaban J connectivity index is 4.22. The zero-order valence-electron chi connectivity index (χ0n) is 37.7. The van der Waals surface area contributed by atoms with E-state index in [2.05, 4.69) is 46.4 Å². The van der Waals surface area contributed by atoms with Gasteiger partial charge in [-0.25, -0.2) is 0 Å². The minimum Gasteiger partial charge on any atom is -0.466 e. The van der Waals surface area contributed by atoms with Gasteiger partial charge in [-0.2, -0.15) is 0 Å². The monoisotopic (exact) mass is 764 g/mol. The van der Waals surface area contributed by atoms with E-state index in [0.717, 1.165) is 69.4 Å². The summed E-state index contributed by atoms with van der Waals surface area (Å²) < 4.78 is 11.3. The molecule has 0 saturated heterocycles. The van der Waals surface area contributed by atoms with Crippen LogP contribution in [0.1, 0.15) is 253 Å². The maximum absolute atomic E-state index is 12.4. The molecule has 0 fully saturated rings. The van der Waals surface area contributed by atoms with Crippen molar-refractivity contribution in [2.24, 2.45) is 17.8 Å². The molecule has 0 saturated carbocycles. The van der Waals surface area contributed by atoms with E-state index in [0.29, 0.717) is 26.1 Å². The van der Waals surface area contributed by atoms with Gasteiger partial charge in [0.2, 0.25) is 0 Å². The highest BCUT2D eigenvalue weighted by molar-refractivity contribution is 5.69. The van der Waals surface area contributed by atoms with Crippen molar-refractivity contribution in [1.82, 2.24) is 4.90 Å². The van der Waals surface area contributed by atoms with E-state index >= 15 is 0 Å². The van der Waals surface area contributed by atoms with Crippen molar-refractivity contribution in [3.05, 3.63) is 0 Å². The maximum atomic E-state index is 12.4. The normalized spacial score (nSPS) is 11.8. The molecule has 0 amide bonds. The van der Waals surface area contributed by atoms with Gasteiger partial charge in [-0.05, 0) is 69.5 Å². The summed E-state index contributed by atoms with van der Waals surface area (Å²) in [6.45, 7) is 18.4. The Kier molecular flexibility index (Phi) is 40.7. The first-order chi connectivity index (χ1) is 26.4. The molecule has 0 aliphatic carbocycles. The Hall–Kier alpha value is -1.10. The molecule has 0 bridgehead atoms. The average molecular weight is 764 g/mol. The van der Waals surface area contributed by atoms with Crippen molar-refractivity contribution in [3.63, 3.8) is 0 Å². The van der Waals surface area contributed by atoms with Crippen LogP contribution in [0.3, 0.4) is 0 Å². The summed E-state index contributed by atoms with van der Waals surface area (Å²) in [4.78, 5) is 27.4. The first-order valence-electron chi connectivity index (χ1n) is 24.5. The summed E-state index contributed by atoms with van der Waals surface area (Å²) in [6.07, 6.45) is 39.9. The van der Waals surface area contributed by atoms with Gasteiger partial charge in [-0.3, -0.25) is 9.59 Å². The van der Waals surface area contributed by atoms with E-state index in [1.807, 2.05) is 0 Å². The lowest BCUT2D eigenvalue weighted by Gasteiger charge is -2.23. The molecule has 0 N–H and O–H groups in total. The zero-order chi connectivity index (χ0) is 39.7. The molecular formula is C49H97NO4. The van der Waals surface area contributed by atoms with Crippen molar-refractivity contribution in [3.8, 4) is 0 Å². The van der Waals surface area contributed by atoms with Gasteiger partial charge in [-0.15, -0.1) is 0 Å². The van der Waals surface area contributed by atoms with E-state index in [-0.39, 0.29) is 11.9 Å². The molecule has 0 aliphatic rings. The number of unbranched alkanes of at least 4 members (excludes halogenated alkanes) is 16. The summed E-state index contributed by atoms with van der Waals surface area (Å²) >= 11 is 0. The van der Waals surface area contributed by atoms with E-state index in [1.54, 1.807) is 0 Å². The molecule has 0 radical (unpaired) electrons. The molecular weight excluding hydrogens is 667 g/mol. The molecule has 0 atom stereocenters. The fourth-order valence-electron chi connectivity index (χ4n) is 8.22. The second-order valence-corrected chi connectivity index (χ2v) is 17.0. The van der Waals surface area contributed by atoms with Gasteiger partial charge in [-0.1, -0.05) is 208 Å². The molecule has 0 aromatic rings. The number of esters is 2. The van der Waals surface area contributed by atoms with E-state index < -0.39 is 0 Å². The predicted molar refractivity (Wildman–Crippen MR) is 235 cm³/mol. The Labute approximate surface area is 339 Å². The number of ether oxygens (including phenoxy) is 2. The van der Waals surface area contributed by atoms with Crippen LogP contribution in [0.2, 0.25) is 0 Å². The van der Waals surface area contributed by atoms with Gasteiger partial charge in [0.05, 0.1) is 13.2 Å². The van der Waals surface area contributed by atoms with Crippen LogP contribution in [0.25, 0.3) is 0 Å². The molecule has 0 aromatic heterocycles. The second kappa shape index (κ2) is 41.5. The standard InChI is InChI=1S/C49H97NO4/c1-7-13-23-31-46(32-24-14-8-2)40-43-53-48(51)37-29-21-17-19-27-35-45(39-42-50(11-5)12-6)36-28-20-18-22-30-38-49(52)54-44-41-47(33-25-15-9-3)34-26-16-10-4/h45-47H,7-44H2,1-6H3. The van der Waals surface area contributed by atoms with Gasteiger partial charge < -0.3 is 14.4 Å². The van der Waals surface area contributed by atoms with Gasteiger partial charge in [0, 0.05) is 12.8 Å². The quantitative estimate of drug-likeness (QED) is 0.0457. The van der Waals surface area contributed by atoms with Crippen LogP contribution in [0.5, 0.6) is 0 Å². The van der Waals surface area contributed by atoms with Crippen LogP contribution >= 0.6 is 0 Å². The molecule has 5 nitrogen and oxygen atoms in total. The lowest BCUT2D eigenvalue weighted by atomic mass is 9.91. The van der Waals surface area contributed by atoms with Gasteiger partial charge in [0.25, 0.3) is 0 Å². The molecule has 0 spiro atoms. The molecule has 322 valence electrons. The Morgan fingerprint density at radius 3 is 1.00 bits per heavy atom. The lowest BCUT2D eigenvalue weighted by Crippen LogP contribution is -2.25. The van der Waals surface area contributed by atoms with Gasteiger partial charge >= 0.3 is 11.9 Å². The lowest BCUT2D eigenvalue weighted by molar-refractivity contribution is -0.145. The van der Waals surface area contributed by atoms with E-state index in [1.165, 1.54) is 167 Å². The molecule has 0 unspecified atom stereocenters. The number of hydrogen-bond acceptors (Lipinski definition) is 5. The highest BCUT2D eigenvalue weighted by Gasteiger charge is 2.14. The minimum absolute atomic E-state index is 0.0157. The Morgan fingerprint density at radius 2 is 0.667 bits per heavy atom. The fraction of sp³-hybridized carbons (Fsp3) is 0.959. The highest BCUT2D eigenvalue weighted by Crippen LogP contribution is 2.24.